The Balaban J connectivity index is 2.63. The summed E-state index contributed by atoms with van der Waals surface area (Å²) in [4.78, 5) is 3.82. The second-order valence-corrected chi connectivity index (χ2v) is 5.56. The van der Waals surface area contributed by atoms with Crippen LogP contribution in [0.1, 0.15) is 44.5 Å². The molecule has 0 saturated heterocycles. The molecule has 0 bridgehead atoms. The van der Waals surface area contributed by atoms with Crippen molar-refractivity contribution in [3.63, 3.8) is 0 Å². The van der Waals surface area contributed by atoms with E-state index in [4.69, 9.17) is 5.26 Å². The minimum absolute atomic E-state index is 0.0116. The molecule has 120 valence electrons. The molecule has 1 aliphatic rings. The summed E-state index contributed by atoms with van der Waals surface area (Å²) in [5.41, 5.74) is 2.34. The van der Waals surface area contributed by atoms with E-state index >= 15 is 0 Å². The van der Waals surface area contributed by atoms with Crippen molar-refractivity contribution in [2.24, 2.45) is 4.99 Å². The van der Waals surface area contributed by atoms with Crippen LogP contribution in [0.3, 0.4) is 0 Å². The minimum Gasteiger partial charge on any atom is -0.192 e. The molecule has 2 aromatic carbocycles. The summed E-state index contributed by atoms with van der Waals surface area (Å²) < 4.78 is 0. The highest BCUT2D eigenvalue weighted by Crippen LogP contribution is 2.43. The van der Waals surface area contributed by atoms with Gasteiger partial charge in [0, 0.05) is 11.1 Å². The highest BCUT2D eigenvalue weighted by atomic mass is 14.7. The van der Waals surface area contributed by atoms with Gasteiger partial charge in [0.15, 0.2) is 0 Å². The molecular weight excluding hydrogens is 338 g/mol. The predicted octanol–water partition coefficient (Wildman–Crippen LogP) is 2.65. The zero-order chi connectivity index (χ0) is 19.7. The quantitative estimate of drug-likeness (QED) is 0.571. The van der Waals surface area contributed by atoms with E-state index in [-0.39, 0.29) is 39.1 Å². The van der Waals surface area contributed by atoms with Crippen molar-refractivity contribution in [1.29, 1.82) is 31.6 Å². The fraction of sp³-hybridized carbons (Fsp3) is 0.0500. The van der Waals surface area contributed by atoms with Crippen LogP contribution in [0.4, 0.5) is 0 Å². The lowest BCUT2D eigenvalue weighted by atomic mass is 9.92. The highest BCUT2D eigenvalue weighted by Gasteiger charge is 2.34. The summed E-state index contributed by atoms with van der Waals surface area (Å²) >= 11 is 0. The SMILES string of the molecule is Cc1c(C#N)c(C#N)cc2c1/C(=N/C#N)c1c-2cc(C#N)c(C#N)c1C#N. The number of fused-ring (bicyclic) bond motifs is 3. The van der Waals surface area contributed by atoms with Crippen molar-refractivity contribution in [3.8, 4) is 47.7 Å². The second kappa shape index (κ2) is 6.16. The average molecular weight is 343 g/mol. The molecule has 0 saturated carbocycles. The third-order valence-corrected chi connectivity index (χ3v) is 4.41. The first-order valence-corrected chi connectivity index (χ1v) is 7.44. The zero-order valence-corrected chi connectivity index (χ0v) is 13.8. The highest BCUT2D eigenvalue weighted by molar-refractivity contribution is 6.27. The first-order valence-electron chi connectivity index (χ1n) is 7.44. The molecule has 0 heterocycles. The Hall–Kier alpha value is -4.95. The third-order valence-electron chi connectivity index (χ3n) is 4.41. The maximum absolute atomic E-state index is 9.62. The first-order chi connectivity index (χ1) is 13.1. The molecule has 2 aromatic rings. The Kier molecular flexibility index (Phi) is 3.86. The number of nitriles is 6. The summed E-state index contributed by atoms with van der Waals surface area (Å²) in [6.07, 6.45) is 1.68. The molecule has 3 rings (SSSR count). The summed E-state index contributed by atoms with van der Waals surface area (Å²) in [6, 6.07) is 12.6. The van der Waals surface area contributed by atoms with Crippen LogP contribution >= 0.6 is 0 Å². The lowest BCUT2D eigenvalue weighted by Gasteiger charge is -2.08. The fourth-order valence-corrected chi connectivity index (χ4v) is 3.31. The van der Waals surface area contributed by atoms with Crippen LogP contribution in [-0.2, 0) is 0 Å². The van der Waals surface area contributed by atoms with Gasteiger partial charge in [-0.05, 0) is 35.7 Å². The Morgan fingerprint density at radius 3 is 1.67 bits per heavy atom. The molecular formula is C20H5N7. The van der Waals surface area contributed by atoms with Gasteiger partial charge >= 0.3 is 0 Å². The van der Waals surface area contributed by atoms with Crippen LogP contribution < -0.4 is 0 Å². The normalized spacial score (nSPS) is 11.7. The average Bonchev–Trinajstić information content (AvgIpc) is 2.99. The molecule has 0 unspecified atom stereocenters. The molecule has 0 fully saturated rings. The predicted molar refractivity (Wildman–Crippen MR) is 91.4 cm³/mol. The first kappa shape index (κ1) is 16.9. The Bertz CT molecular complexity index is 1330. The summed E-state index contributed by atoms with van der Waals surface area (Å²) in [5, 5.41) is 56.3. The van der Waals surface area contributed by atoms with Gasteiger partial charge in [0.1, 0.15) is 30.3 Å². The van der Waals surface area contributed by atoms with Gasteiger partial charge < -0.3 is 0 Å². The van der Waals surface area contributed by atoms with Gasteiger partial charge in [0.2, 0.25) is 6.19 Å². The van der Waals surface area contributed by atoms with E-state index in [0.29, 0.717) is 22.3 Å². The van der Waals surface area contributed by atoms with Crippen molar-refractivity contribution < 1.29 is 0 Å². The van der Waals surface area contributed by atoms with Gasteiger partial charge in [-0.25, -0.2) is 0 Å². The van der Waals surface area contributed by atoms with E-state index in [1.54, 1.807) is 13.1 Å². The zero-order valence-electron chi connectivity index (χ0n) is 13.8. The smallest absolute Gasteiger partial charge is 0.192 e. The largest absolute Gasteiger partial charge is 0.206 e. The summed E-state index contributed by atoms with van der Waals surface area (Å²) in [5.74, 6) is 0. The lowest BCUT2D eigenvalue weighted by Crippen LogP contribution is -2.06. The Morgan fingerprint density at radius 2 is 1.19 bits per heavy atom. The molecule has 0 radical (unpaired) electrons. The number of aliphatic imine (C=N–C) groups is 1. The molecule has 0 N–H and O–H groups in total. The lowest BCUT2D eigenvalue weighted by molar-refractivity contribution is 1.35. The van der Waals surface area contributed by atoms with Crippen LogP contribution in [0.2, 0.25) is 0 Å². The molecule has 0 aliphatic heterocycles. The maximum Gasteiger partial charge on any atom is 0.206 e. The molecule has 0 amide bonds. The van der Waals surface area contributed by atoms with E-state index in [9.17, 15) is 26.3 Å². The van der Waals surface area contributed by atoms with Crippen LogP contribution in [0.15, 0.2) is 17.1 Å². The molecule has 1 aliphatic carbocycles. The van der Waals surface area contributed by atoms with Gasteiger partial charge in [0.05, 0.1) is 33.5 Å². The Morgan fingerprint density at radius 1 is 0.667 bits per heavy atom. The second-order valence-electron chi connectivity index (χ2n) is 5.56. The molecule has 7 nitrogen and oxygen atoms in total. The minimum atomic E-state index is -0.101. The van der Waals surface area contributed by atoms with Crippen molar-refractivity contribution >= 4 is 5.71 Å². The van der Waals surface area contributed by atoms with Crippen LogP contribution in [0.25, 0.3) is 11.1 Å². The van der Waals surface area contributed by atoms with Gasteiger partial charge in [-0.2, -0.15) is 36.6 Å². The Labute approximate surface area is 154 Å². The molecule has 0 aromatic heterocycles. The van der Waals surface area contributed by atoms with Crippen LogP contribution in [0, 0.1) is 75.0 Å². The van der Waals surface area contributed by atoms with E-state index in [2.05, 4.69) is 4.99 Å². The summed E-state index contributed by atoms with van der Waals surface area (Å²) in [6.45, 7) is 1.62. The molecule has 7 heteroatoms. The van der Waals surface area contributed by atoms with Crippen LogP contribution in [0.5, 0.6) is 0 Å². The van der Waals surface area contributed by atoms with Gasteiger partial charge in [-0.3, -0.25) is 0 Å². The maximum atomic E-state index is 9.62. The number of rotatable bonds is 0. The van der Waals surface area contributed by atoms with E-state index in [1.165, 1.54) is 12.1 Å². The van der Waals surface area contributed by atoms with Crippen LogP contribution in [-0.4, -0.2) is 5.71 Å². The van der Waals surface area contributed by atoms with Crippen molar-refractivity contribution in [3.05, 3.63) is 56.6 Å². The molecule has 0 atom stereocenters. The number of hydrogen-bond donors (Lipinski definition) is 0. The monoisotopic (exact) mass is 343 g/mol. The number of nitrogens with zero attached hydrogens (tertiary/aromatic N) is 7. The van der Waals surface area contributed by atoms with Crippen molar-refractivity contribution in [2.45, 2.75) is 6.92 Å². The molecule has 0 spiro atoms. The topological polar surface area (TPSA) is 155 Å². The van der Waals surface area contributed by atoms with Crippen molar-refractivity contribution in [2.75, 3.05) is 0 Å². The third kappa shape index (κ3) is 2.12. The van der Waals surface area contributed by atoms with E-state index in [0.717, 1.165) is 0 Å². The van der Waals surface area contributed by atoms with E-state index < -0.39 is 0 Å². The number of benzene rings is 2. The fourth-order valence-electron chi connectivity index (χ4n) is 3.31. The summed E-state index contributed by atoms with van der Waals surface area (Å²) in [7, 11) is 0. The molecule has 27 heavy (non-hydrogen) atoms. The van der Waals surface area contributed by atoms with Gasteiger partial charge in [-0.1, -0.05) is 0 Å². The van der Waals surface area contributed by atoms with E-state index in [1.807, 2.05) is 30.3 Å². The van der Waals surface area contributed by atoms with Gasteiger partial charge in [0.25, 0.3) is 0 Å². The van der Waals surface area contributed by atoms with Crippen molar-refractivity contribution in [1.82, 2.24) is 0 Å². The number of hydrogen-bond acceptors (Lipinski definition) is 7. The van der Waals surface area contributed by atoms with Gasteiger partial charge in [-0.15, -0.1) is 0 Å². The standard InChI is InChI=1S/C20H5N7/c1-10-15(6-23)11(4-21)2-13-14-3-12(5-22)16(7-24)17(8-25)19(14)20(18(10)13)27-9-26/h2-3H,1H3/b27-20-.